The van der Waals surface area contributed by atoms with Gasteiger partial charge in [-0.2, -0.15) is 0 Å². The molecule has 0 unspecified atom stereocenters. The van der Waals surface area contributed by atoms with Crippen molar-refractivity contribution in [3.8, 4) is 11.5 Å². The number of hydrogen-bond acceptors (Lipinski definition) is 4. The van der Waals surface area contributed by atoms with E-state index < -0.39 is 5.79 Å². The second-order valence-electron chi connectivity index (χ2n) is 5.79. The largest absolute Gasteiger partial charge is 0.448 e. The SMILES string of the molecule is CCC1(CC)Oc2ccc(NC(=O)N[C@@H]3CNC(=O)C3)cc2O1. The van der Waals surface area contributed by atoms with E-state index in [4.69, 9.17) is 9.47 Å². The lowest BCUT2D eigenvalue weighted by Gasteiger charge is -2.24. The Morgan fingerprint density at radius 3 is 2.70 bits per heavy atom. The smallest absolute Gasteiger partial charge is 0.319 e. The summed E-state index contributed by atoms with van der Waals surface area (Å²) >= 11 is 0. The average molecular weight is 319 g/mol. The van der Waals surface area contributed by atoms with E-state index in [1.54, 1.807) is 18.2 Å². The van der Waals surface area contributed by atoms with Crippen molar-refractivity contribution in [3.63, 3.8) is 0 Å². The molecular weight excluding hydrogens is 298 g/mol. The van der Waals surface area contributed by atoms with E-state index in [-0.39, 0.29) is 18.0 Å². The first-order chi connectivity index (χ1) is 11.0. The van der Waals surface area contributed by atoms with Crippen molar-refractivity contribution in [3.05, 3.63) is 18.2 Å². The number of fused-ring (bicyclic) bond motifs is 1. The average Bonchev–Trinajstić information content (AvgIpc) is 3.10. The van der Waals surface area contributed by atoms with Crippen LogP contribution >= 0.6 is 0 Å². The molecule has 3 N–H and O–H groups in total. The number of carbonyl (C=O) groups excluding carboxylic acids is 2. The fraction of sp³-hybridized carbons (Fsp3) is 0.500. The van der Waals surface area contributed by atoms with Gasteiger partial charge in [0.25, 0.3) is 5.79 Å². The van der Waals surface area contributed by atoms with Crippen LogP contribution in [0, 0.1) is 0 Å². The van der Waals surface area contributed by atoms with Gasteiger partial charge in [-0.15, -0.1) is 0 Å². The standard InChI is InChI=1S/C16H21N3O4/c1-3-16(4-2)22-12-6-5-10(7-13(12)23-16)18-15(21)19-11-8-14(20)17-9-11/h5-7,11H,3-4,8-9H2,1-2H3,(H,17,20)(H2,18,19,21)/t11-/m0/s1. The highest BCUT2D eigenvalue weighted by Gasteiger charge is 2.38. The lowest BCUT2D eigenvalue weighted by atomic mass is 10.1. The third kappa shape index (κ3) is 3.18. The van der Waals surface area contributed by atoms with Crippen molar-refractivity contribution >= 4 is 17.6 Å². The van der Waals surface area contributed by atoms with Crippen LogP contribution < -0.4 is 25.4 Å². The molecule has 0 aromatic heterocycles. The number of rotatable bonds is 4. The zero-order chi connectivity index (χ0) is 16.4. The van der Waals surface area contributed by atoms with Gasteiger partial charge in [0.2, 0.25) is 5.91 Å². The Hall–Kier alpha value is -2.44. The van der Waals surface area contributed by atoms with Crippen LogP contribution in [0.2, 0.25) is 0 Å². The van der Waals surface area contributed by atoms with Crippen molar-refractivity contribution in [2.24, 2.45) is 0 Å². The summed E-state index contributed by atoms with van der Waals surface area (Å²) in [4.78, 5) is 23.1. The highest BCUT2D eigenvalue weighted by molar-refractivity contribution is 5.90. The summed E-state index contributed by atoms with van der Waals surface area (Å²) < 4.78 is 11.8. The maximum atomic E-state index is 12.0. The zero-order valence-corrected chi connectivity index (χ0v) is 13.3. The molecule has 7 heteroatoms. The van der Waals surface area contributed by atoms with Crippen LogP contribution in [0.4, 0.5) is 10.5 Å². The van der Waals surface area contributed by atoms with Crippen LogP contribution in [0.5, 0.6) is 11.5 Å². The van der Waals surface area contributed by atoms with Gasteiger partial charge in [-0.3, -0.25) is 4.79 Å². The van der Waals surface area contributed by atoms with E-state index in [2.05, 4.69) is 16.0 Å². The molecule has 2 aliphatic rings. The highest BCUT2D eigenvalue weighted by atomic mass is 16.7. The number of urea groups is 1. The van der Waals surface area contributed by atoms with Crippen molar-refractivity contribution < 1.29 is 19.1 Å². The number of amides is 3. The van der Waals surface area contributed by atoms with Gasteiger partial charge < -0.3 is 25.4 Å². The summed E-state index contributed by atoms with van der Waals surface area (Å²) in [6, 6.07) is 4.78. The van der Waals surface area contributed by atoms with E-state index in [0.29, 0.717) is 30.2 Å². The summed E-state index contributed by atoms with van der Waals surface area (Å²) in [5.74, 6) is 0.655. The second kappa shape index (κ2) is 5.98. The van der Waals surface area contributed by atoms with Crippen LogP contribution in [0.15, 0.2) is 18.2 Å². The molecule has 1 fully saturated rings. The molecule has 7 nitrogen and oxygen atoms in total. The molecule has 1 aromatic rings. The minimum atomic E-state index is -0.612. The van der Waals surface area contributed by atoms with Crippen LogP contribution in [0.3, 0.4) is 0 Å². The third-order valence-electron chi connectivity index (χ3n) is 4.18. The lowest BCUT2D eigenvalue weighted by Crippen LogP contribution is -2.39. The predicted molar refractivity (Wildman–Crippen MR) is 84.6 cm³/mol. The minimum Gasteiger partial charge on any atom is -0.448 e. The zero-order valence-electron chi connectivity index (χ0n) is 13.3. The Balaban J connectivity index is 1.62. The van der Waals surface area contributed by atoms with Gasteiger partial charge in [0.15, 0.2) is 11.5 Å². The quantitative estimate of drug-likeness (QED) is 0.792. The molecule has 0 radical (unpaired) electrons. The first kappa shape index (κ1) is 15.5. The number of ether oxygens (including phenoxy) is 2. The molecule has 124 valence electrons. The van der Waals surface area contributed by atoms with E-state index in [1.807, 2.05) is 13.8 Å². The van der Waals surface area contributed by atoms with Gasteiger partial charge in [-0.05, 0) is 12.1 Å². The topological polar surface area (TPSA) is 88.7 Å². The Morgan fingerprint density at radius 1 is 1.30 bits per heavy atom. The molecule has 0 saturated carbocycles. The molecule has 1 atom stereocenters. The van der Waals surface area contributed by atoms with Gasteiger partial charge in [0.1, 0.15) is 0 Å². The van der Waals surface area contributed by atoms with Crippen LogP contribution in [-0.2, 0) is 4.79 Å². The number of hydrogen-bond donors (Lipinski definition) is 3. The minimum absolute atomic E-state index is 0.0474. The van der Waals surface area contributed by atoms with Gasteiger partial charge in [0, 0.05) is 37.6 Å². The summed E-state index contributed by atoms with van der Waals surface area (Å²) in [7, 11) is 0. The van der Waals surface area contributed by atoms with Crippen LogP contribution in [-0.4, -0.2) is 30.3 Å². The molecular formula is C16H21N3O4. The van der Waals surface area contributed by atoms with Crippen molar-refractivity contribution in [1.29, 1.82) is 0 Å². The van der Waals surface area contributed by atoms with Crippen molar-refractivity contribution in [1.82, 2.24) is 10.6 Å². The van der Waals surface area contributed by atoms with E-state index in [0.717, 1.165) is 12.8 Å². The predicted octanol–water partition coefficient (Wildman–Crippen LogP) is 1.98. The number of carbonyl (C=O) groups is 2. The van der Waals surface area contributed by atoms with Gasteiger partial charge >= 0.3 is 6.03 Å². The first-order valence-electron chi connectivity index (χ1n) is 7.90. The number of nitrogens with one attached hydrogen (secondary N) is 3. The fourth-order valence-corrected chi connectivity index (χ4v) is 2.77. The van der Waals surface area contributed by atoms with E-state index in [9.17, 15) is 9.59 Å². The molecule has 23 heavy (non-hydrogen) atoms. The maximum absolute atomic E-state index is 12.0. The monoisotopic (exact) mass is 319 g/mol. The van der Waals surface area contributed by atoms with Crippen LogP contribution in [0.1, 0.15) is 33.1 Å². The molecule has 0 aliphatic carbocycles. The number of anilines is 1. The fourth-order valence-electron chi connectivity index (χ4n) is 2.77. The van der Waals surface area contributed by atoms with Gasteiger partial charge in [-0.25, -0.2) is 4.79 Å². The molecule has 0 spiro atoms. The summed E-state index contributed by atoms with van der Waals surface area (Å²) in [5.41, 5.74) is 0.616. The number of benzene rings is 1. The molecule has 3 amide bonds. The summed E-state index contributed by atoms with van der Waals surface area (Å²) in [6.45, 7) is 4.49. The maximum Gasteiger partial charge on any atom is 0.319 e. The van der Waals surface area contributed by atoms with Crippen LogP contribution in [0.25, 0.3) is 0 Å². The highest BCUT2D eigenvalue weighted by Crippen LogP contribution is 2.43. The Labute approximate surface area is 134 Å². The Morgan fingerprint density at radius 2 is 2.04 bits per heavy atom. The van der Waals surface area contributed by atoms with Gasteiger partial charge in [-0.1, -0.05) is 13.8 Å². The Bertz CT molecular complexity index is 628. The molecule has 2 heterocycles. The molecule has 2 aliphatic heterocycles. The van der Waals surface area contributed by atoms with E-state index >= 15 is 0 Å². The molecule has 0 bridgehead atoms. The van der Waals surface area contributed by atoms with E-state index in [1.165, 1.54) is 0 Å². The second-order valence-corrected chi connectivity index (χ2v) is 5.79. The normalized spacial score (nSPS) is 21.0. The molecule has 1 aromatic carbocycles. The van der Waals surface area contributed by atoms with Crippen molar-refractivity contribution in [2.75, 3.05) is 11.9 Å². The Kier molecular flexibility index (Phi) is 4.02. The lowest BCUT2D eigenvalue weighted by molar-refractivity contribution is -0.119. The summed E-state index contributed by atoms with van der Waals surface area (Å²) in [5, 5.41) is 8.19. The third-order valence-corrected chi connectivity index (χ3v) is 4.18. The molecule has 1 saturated heterocycles. The van der Waals surface area contributed by atoms with Gasteiger partial charge in [0.05, 0.1) is 6.04 Å². The summed E-state index contributed by atoms with van der Waals surface area (Å²) in [6.07, 6.45) is 1.79. The molecule has 3 rings (SSSR count). The first-order valence-corrected chi connectivity index (χ1v) is 7.90. The van der Waals surface area contributed by atoms with Crippen molar-refractivity contribution in [2.45, 2.75) is 44.9 Å².